The van der Waals surface area contributed by atoms with E-state index in [2.05, 4.69) is 4.90 Å². The average Bonchev–Trinajstić information content (AvgIpc) is 3.50. The van der Waals surface area contributed by atoms with Gasteiger partial charge in [-0.3, -0.25) is 9.69 Å². The van der Waals surface area contributed by atoms with Crippen LogP contribution in [0.1, 0.15) is 58.8 Å². The lowest BCUT2D eigenvalue weighted by atomic mass is 9.76. The van der Waals surface area contributed by atoms with Gasteiger partial charge in [0.2, 0.25) is 5.91 Å². The van der Waals surface area contributed by atoms with Gasteiger partial charge in [0.15, 0.2) is 0 Å². The number of alkyl halides is 2. The van der Waals surface area contributed by atoms with Crippen molar-refractivity contribution in [3.63, 3.8) is 0 Å². The minimum atomic E-state index is -1.13. The Balaban J connectivity index is 1.23. The van der Waals surface area contributed by atoms with Crippen molar-refractivity contribution in [3.05, 3.63) is 0 Å². The molecule has 4 fully saturated rings. The number of carbonyl (C=O) groups excluding carboxylic acids is 1. The third-order valence-electron chi connectivity index (χ3n) is 7.82. The van der Waals surface area contributed by atoms with Gasteiger partial charge in [-0.05, 0) is 45.4 Å². The Morgan fingerprint density at radius 1 is 1.07 bits per heavy atom. The maximum absolute atomic E-state index is 14.5. The molecule has 2 heterocycles. The molecule has 0 spiro atoms. The van der Waals surface area contributed by atoms with Crippen LogP contribution in [-0.2, 0) is 14.3 Å². The molecule has 29 heavy (non-hydrogen) atoms. The van der Waals surface area contributed by atoms with Crippen LogP contribution >= 0.6 is 0 Å². The number of piperazine rings is 1. The van der Waals surface area contributed by atoms with Crippen LogP contribution in [-0.4, -0.2) is 84.7 Å². The molecule has 0 radical (unpaired) electrons. The van der Waals surface area contributed by atoms with E-state index in [0.29, 0.717) is 25.5 Å². The van der Waals surface area contributed by atoms with Crippen LogP contribution in [0.3, 0.4) is 0 Å². The number of hydrogen-bond acceptors (Lipinski definition) is 4. The number of nitrogens with zero attached hydrogens (tertiary/aromatic N) is 2. The first-order valence-electron chi connectivity index (χ1n) is 11.5. The highest BCUT2D eigenvalue weighted by Crippen LogP contribution is 2.48. The highest BCUT2D eigenvalue weighted by atomic mass is 19.1. The molecule has 0 aromatic rings. The van der Waals surface area contributed by atoms with Gasteiger partial charge >= 0.3 is 0 Å². The van der Waals surface area contributed by atoms with Gasteiger partial charge in [-0.25, -0.2) is 8.78 Å². The minimum Gasteiger partial charge on any atom is -0.372 e. The summed E-state index contributed by atoms with van der Waals surface area (Å²) < 4.78 is 40.1. The van der Waals surface area contributed by atoms with E-state index in [1.165, 1.54) is 0 Å². The Bertz CT molecular complexity index is 572. The molecule has 5 nitrogen and oxygen atoms in total. The van der Waals surface area contributed by atoms with Gasteiger partial charge in [0.05, 0.1) is 18.8 Å². The molecule has 2 saturated carbocycles. The Morgan fingerprint density at radius 3 is 2.28 bits per heavy atom. The van der Waals surface area contributed by atoms with Gasteiger partial charge in [0, 0.05) is 51.5 Å². The second kappa shape index (κ2) is 8.75. The predicted molar refractivity (Wildman–Crippen MR) is 106 cm³/mol. The first-order chi connectivity index (χ1) is 13.9. The number of ether oxygens (including phenoxy) is 2. The van der Waals surface area contributed by atoms with Crippen LogP contribution in [0.15, 0.2) is 0 Å². The topological polar surface area (TPSA) is 45.3 Å². The van der Waals surface area contributed by atoms with Crippen molar-refractivity contribution in [1.82, 2.24) is 9.80 Å². The van der Waals surface area contributed by atoms with Gasteiger partial charge in [0.25, 0.3) is 0 Å². The Hall–Kier alpha value is -0.790. The zero-order valence-corrected chi connectivity index (χ0v) is 17.8. The van der Waals surface area contributed by atoms with E-state index < -0.39 is 17.9 Å². The number of hydrogen-bond donors (Lipinski definition) is 0. The van der Waals surface area contributed by atoms with Crippen molar-refractivity contribution >= 4 is 5.91 Å². The highest BCUT2D eigenvalue weighted by Gasteiger charge is 2.60. The summed E-state index contributed by atoms with van der Waals surface area (Å²) in [7, 11) is 0. The van der Waals surface area contributed by atoms with Gasteiger partial charge in [-0.2, -0.15) is 0 Å². The average molecular weight is 415 g/mol. The molecule has 0 aromatic heterocycles. The molecule has 2 aliphatic heterocycles. The number of epoxide rings is 1. The maximum atomic E-state index is 14.5. The first-order valence-corrected chi connectivity index (χ1v) is 11.5. The molecular formula is C22H36F2N2O3. The molecule has 4 rings (SSSR count). The molecule has 5 atom stereocenters. The van der Waals surface area contributed by atoms with E-state index >= 15 is 0 Å². The maximum Gasteiger partial charge on any atom is 0.219 e. The molecule has 2 aliphatic carbocycles. The summed E-state index contributed by atoms with van der Waals surface area (Å²) in [6, 6.07) is 0.570. The Morgan fingerprint density at radius 2 is 1.72 bits per heavy atom. The number of halogens is 2. The molecule has 0 aromatic carbocycles. The monoisotopic (exact) mass is 414 g/mol. The van der Waals surface area contributed by atoms with E-state index in [1.807, 2.05) is 11.8 Å². The van der Waals surface area contributed by atoms with Crippen molar-refractivity contribution in [2.45, 2.75) is 95.0 Å². The van der Waals surface area contributed by atoms with Crippen LogP contribution in [0, 0.1) is 5.92 Å². The second-order valence-corrected chi connectivity index (χ2v) is 9.53. The van der Waals surface area contributed by atoms with Crippen molar-refractivity contribution < 1.29 is 23.0 Å². The van der Waals surface area contributed by atoms with Gasteiger partial charge in [-0.15, -0.1) is 0 Å². The largest absolute Gasteiger partial charge is 0.372 e. The normalized spacial score (nSPS) is 42.5. The van der Waals surface area contributed by atoms with Crippen LogP contribution in [0.2, 0.25) is 0 Å². The molecule has 2 saturated heterocycles. The summed E-state index contributed by atoms with van der Waals surface area (Å²) in [6.07, 6.45) is 3.11. The lowest BCUT2D eigenvalue weighted by molar-refractivity contribution is -0.131. The van der Waals surface area contributed by atoms with Gasteiger partial charge < -0.3 is 14.4 Å². The Labute approximate surface area is 173 Å². The van der Waals surface area contributed by atoms with Crippen molar-refractivity contribution in [1.29, 1.82) is 0 Å². The van der Waals surface area contributed by atoms with Crippen LogP contribution < -0.4 is 0 Å². The van der Waals surface area contributed by atoms with E-state index in [0.717, 1.165) is 51.9 Å². The minimum absolute atomic E-state index is 0.00446. The molecule has 0 N–H and O–H groups in total. The standard InChI is InChI=1S/C22H36F2N2O3/c1-15(22(14-28-22)20-8-3-17(23)13-21(20)24)29-19-6-4-18(5-7-19)26-11-9-25(10-12-26)16(2)27/h15,17-21H,3-14H2,1-2H3. The summed E-state index contributed by atoms with van der Waals surface area (Å²) in [5, 5.41) is 0. The van der Waals surface area contributed by atoms with E-state index in [1.54, 1.807) is 6.92 Å². The summed E-state index contributed by atoms with van der Waals surface area (Å²) in [6.45, 7) is 7.75. The number of rotatable bonds is 5. The molecule has 1 amide bonds. The quantitative estimate of drug-likeness (QED) is 0.649. The summed E-state index contributed by atoms with van der Waals surface area (Å²) >= 11 is 0. The zero-order valence-electron chi connectivity index (χ0n) is 17.8. The zero-order chi connectivity index (χ0) is 20.6. The molecular weight excluding hydrogens is 378 g/mol. The molecule has 0 bridgehead atoms. The predicted octanol–water partition coefficient (Wildman–Crippen LogP) is 3.11. The smallest absolute Gasteiger partial charge is 0.219 e. The van der Waals surface area contributed by atoms with Crippen molar-refractivity contribution in [2.24, 2.45) is 5.92 Å². The fraction of sp³-hybridized carbons (Fsp3) is 0.955. The van der Waals surface area contributed by atoms with Crippen molar-refractivity contribution in [2.75, 3.05) is 32.8 Å². The molecule has 166 valence electrons. The van der Waals surface area contributed by atoms with Crippen molar-refractivity contribution in [3.8, 4) is 0 Å². The van der Waals surface area contributed by atoms with E-state index in [4.69, 9.17) is 9.47 Å². The van der Waals surface area contributed by atoms with E-state index in [-0.39, 0.29) is 30.5 Å². The Kier molecular flexibility index (Phi) is 6.47. The van der Waals surface area contributed by atoms with Crippen LogP contribution in [0.4, 0.5) is 8.78 Å². The number of carbonyl (C=O) groups is 1. The first kappa shape index (κ1) is 21.4. The van der Waals surface area contributed by atoms with Gasteiger partial charge in [-0.1, -0.05) is 0 Å². The fourth-order valence-corrected chi connectivity index (χ4v) is 5.80. The molecule has 7 heteroatoms. The third-order valence-corrected chi connectivity index (χ3v) is 7.82. The molecule has 4 aliphatic rings. The third kappa shape index (κ3) is 4.62. The lowest BCUT2D eigenvalue weighted by Gasteiger charge is -2.42. The summed E-state index contributed by atoms with van der Waals surface area (Å²) in [4.78, 5) is 16.0. The van der Waals surface area contributed by atoms with Crippen LogP contribution in [0.25, 0.3) is 0 Å². The highest BCUT2D eigenvalue weighted by molar-refractivity contribution is 5.73. The summed E-state index contributed by atoms with van der Waals surface area (Å²) in [5.74, 6) is -0.0686. The van der Waals surface area contributed by atoms with Gasteiger partial charge in [0.1, 0.15) is 17.9 Å². The van der Waals surface area contributed by atoms with Crippen LogP contribution in [0.5, 0.6) is 0 Å². The van der Waals surface area contributed by atoms with E-state index in [9.17, 15) is 13.6 Å². The second-order valence-electron chi connectivity index (χ2n) is 9.53. The summed E-state index contributed by atoms with van der Waals surface area (Å²) in [5.41, 5.74) is -0.542. The lowest BCUT2D eigenvalue weighted by Crippen LogP contribution is -2.52. The molecule has 5 unspecified atom stereocenters. The SMILES string of the molecule is CC(=O)N1CCN(C2CCC(OC(C)C3(C4CCC(F)CC4F)CO3)CC2)CC1. The fourth-order valence-electron chi connectivity index (χ4n) is 5.80. The number of amides is 1.